The number of hydrogen-bond acceptors (Lipinski definition) is 6. The van der Waals surface area contributed by atoms with Crippen LogP contribution in [0.3, 0.4) is 0 Å². The number of sulfonamides is 1. The third-order valence-corrected chi connectivity index (χ3v) is 7.24. The van der Waals surface area contributed by atoms with Crippen molar-refractivity contribution in [3.8, 4) is 0 Å². The van der Waals surface area contributed by atoms with Crippen LogP contribution in [-0.4, -0.2) is 43.3 Å². The number of hydrogen-bond donors (Lipinski definition) is 1. The summed E-state index contributed by atoms with van der Waals surface area (Å²) in [6.45, 7) is 7.57. The second kappa shape index (κ2) is 5.75. The Morgan fingerprint density at radius 2 is 2.18 bits per heavy atom. The standard InChI is InChI=1S/C14H20N4O2S2/c1-4-17-22(19,20)11-5-6-18(7-11)13-12-9(2)10(3)21-14(12)16-8-15-13/h8,11,17H,4-7H2,1-3H3. The lowest BCUT2D eigenvalue weighted by Crippen LogP contribution is -2.36. The van der Waals surface area contributed by atoms with Crippen LogP contribution in [0.15, 0.2) is 6.33 Å². The number of thiophene rings is 1. The lowest BCUT2D eigenvalue weighted by Gasteiger charge is -2.18. The molecule has 1 fully saturated rings. The Hall–Kier alpha value is -1.25. The molecule has 2 aromatic rings. The third-order valence-electron chi connectivity index (χ3n) is 4.17. The number of aromatic nitrogens is 2. The zero-order valence-corrected chi connectivity index (χ0v) is 14.6. The highest BCUT2D eigenvalue weighted by molar-refractivity contribution is 7.90. The SMILES string of the molecule is CCNS(=O)(=O)C1CCN(c2ncnc3sc(C)c(C)c23)C1. The molecule has 0 amide bonds. The fraction of sp³-hybridized carbons (Fsp3) is 0.571. The molecule has 0 aromatic carbocycles. The maximum atomic E-state index is 12.2. The van der Waals surface area contributed by atoms with Gasteiger partial charge in [0.15, 0.2) is 0 Å². The van der Waals surface area contributed by atoms with E-state index in [1.54, 1.807) is 24.6 Å². The zero-order chi connectivity index (χ0) is 15.9. The van der Waals surface area contributed by atoms with Crippen LogP contribution in [0, 0.1) is 13.8 Å². The number of nitrogens with one attached hydrogen (secondary N) is 1. The van der Waals surface area contributed by atoms with Crippen molar-refractivity contribution >= 4 is 37.4 Å². The molecule has 1 aliphatic heterocycles. The van der Waals surface area contributed by atoms with E-state index in [0.717, 1.165) is 16.0 Å². The summed E-state index contributed by atoms with van der Waals surface area (Å²) in [5.74, 6) is 0.862. The van der Waals surface area contributed by atoms with Gasteiger partial charge in [-0.05, 0) is 25.8 Å². The van der Waals surface area contributed by atoms with E-state index in [-0.39, 0.29) is 5.25 Å². The summed E-state index contributed by atoms with van der Waals surface area (Å²) < 4.78 is 27.0. The van der Waals surface area contributed by atoms with Gasteiger partial charge in [0.2, 0.25) is 10.0 Å². The van der Waals surface area contributed by atoms with Crippen LogP contribution >= 0.6 is 11.3 Å². The first kappa shape index (κ1) is 15.6. The van der Waals surface area contributed by atoms with Crippen LogP contribution in [0.2, 0.25) is 0 Å². The number of fused-ring (bicyclic) bond motifs is 1. The molecule has 0 aliphatic carbocycles. The predicted octanol–water partition coefficient (Wildman–Crippen LogP) is 1.83. The summed E-state index contributed by atoms with van der Waals surface area (Å²) >= 11 is 1.66. The molecule has 1 atom stereocenters. The molecule has 2 aromatic heterocycles. The molecule has 0 spiro atoms. The number of anilines is 1. The average Bonchev–Trinajstić information content (AvgIpc) is 3.06. The van der Waals surface area contributed by atoms with Crippen LogP contribution in [0.25, 0.3) is 10.2 Å². The molecular weight excluding hydrogens is 320 g/mol. The Morgan fingerprint density at radius 1 is 1.41 bits per heavy atom. The van der Waals surface area contributed by atoms with Crippen LogP contribution in [0.4, 0.5) is 5.82 Å². The summed E-state index contributed by atoms with van der Waals surface area (Å²) in [6, 6.07) is 0. The highest BCUT2D eigenvalue weighted by Crippen LogP contribution is 2.35. The van der Waals surface area contributed by atoms with Crippen molar-refractivity contribution in [3.05, 3.63) is 16.8 Å². The lowest BCUT2D eigenvalue weighted by molar-refractivity contribution is 0.571. The van der Waals surface area contributed by atoms with Crippen molar-refractivity contribution in [3.63, 3.8) is 0 Å². The maximum absolute atomic E-state index is 12.2. The van der Waals surface area contributed by atoms with E-state index < -0.39 is 10.0 Å². The monoisotopic (exact) mass is 340 g/mol. The van der Waals surface area contributed by atoms with Gasteiger partial charge in [-0.1, -0.05) is 6.92 Å². The second-order valence-electron chi connectivity index (χ2n) is 5.56. The molecule has 1 saturated heterocycles. The van der Waals surface area contributed by atoms with E-state index in [2.05, 4.69) is 33.4 Å². The fourth-order valence-electron chi connectivity index (χ4n) is 2.90. The summed E-state index contributed by atoms with van der Waals surface area (Å²) in [6.07, 6.45) is 2.20. The molecule has 3 rings (SSSR count). The summed E-state index contributed by atoms with van der Waals surface area (Å²) in [5, 5.41) is 0.684. The number of rotatable bonds is 4. The van der Waals surface area contributed by atoms with E-state index in [1.807, 2.05) is 0 Å². The van der Waals surface area contributed by atoms with Gasteiger partial charge >= 0.3 is 0 Å². The van der Waals surface area contributed by atoms with Gasteiger partial charge in [0, 0.05) is 24.5 Å². The van der Waals surface area contributed by atoms with Crippen molar-refractivity contribution in [2.24, 2.45) is 0 Å². The van der Waals surface area contributed by atoms with Crippen molar-refractivity contribution in [2.45, 2.75) is 32.4 Å². The minimum Gasteiger partial charge on any atom is -0.355 e. The molecule has 3 heterocycles. The molecule has 120 valence electrons. The molecule has 6 nitrogen and oxygen atoms in total. The Labute approximate surface area is 134 Å². The van der Waals surface area contributed by atoms with Crippen molar-refractivity contribution < 1.29 is 8.42 Å². The van der Waals surface area contributed by atoms with E-state index in [9.17, 15) is 8.42 Å². The highest BCUT2D eigenvalue weighted by atomic mass is 32.2. The van der Waals surface area contributed by atoms with Gasteiger partial charge in [-0.3, -0.25) is 0 Å². The van der Waals surface area contributed by atoms with Gasteiger partial charge in [0.1, 0.15) is 17.0 Å². The number of aryl methyl sites for hydroxylation is 2. The highest BCUT2D eigenvalue weighted by Gasteiger charge is 2.34. The van der Waals surface area contributed by atoms with E-state index in [1.165, 1.54) is 10.4 Å². The molecular formula is C14H20N4O2S2. The van der Waals surface area contributed by atoms with Crippen molar-refractivity contribution in [1.82, 2.24) is 14.7 Å². The fourth-order valence-corrected chi connectivity index (χ4v) is 5.32. The van der Waals surface area contributed by atoms with Gasteiger partial charge in [0.05, 0.1) is 10.6 Å². The molecule has 1 aliphatic rings. The van der Waals surface area contributed by atoms with Gasteiger partial charge in [-0.2, -0.15) is 0 Å². The molecule has 0 bridgehead atoms. The normalized spacial score (nSPS) is 19.2. The minimum atomic E-state index is -3.24. The maximum Gasteiger partial charge on any atom is 0.216 e. The number of nitrogens with zero attached hydrogens (tertiary/aromatic N) is 3. The molecule has 8 heteroatoms. The molecule has 1 unspecified atom stereocenters. The van der Waals surface area contributed by atoms with Crippen LogP contribution in [0.1, 0.15) is 23.8 Å². The first-order valence-electron chi connectivity index (χ1n) is 7.38. The molecule has 22 heavy (non-hydrogen) atoms. The van der Waals surface area contributed by atoms with Crippen LogP contribution in [-0.2, 0) is 10.0 Å². The van der Waals surface area contributed by atoms with Gasteiger partial charge in [-0.25, -0.2) is 23.1 Å². The van der Waals surface area contributed by atoms with Gasteiger partial charge in [0.25, 0.3) is 0 Å². The Balaban J connectivity index is 1.94. The Morgan fingerprint density at radius 3 is 2.91 bits per heavy atom. The van der Waals surface area contributed by atoms with Gasteiger partial charge in [-0.15, -0.1) is 11.3 Å². The van der Waals surface area contributed by atoms with E-state index in [0.29, 0.717) is 26.1 Å². The Bertz CT molecular complexity index is 801. The predicted molar refractivity (Wildman–Crippen MR) is 90.1 cm³/mol. The molecule has 0 saturated carbocycles. The van der Waals surface area contributed by atoms with E-state index in [4.69, 9.17) is 0 Å². The summed E-state index contributed by atoms with van der Waals surface area (Å²) in [5.41, 5.74) is 1.19. The second-order valence-corrected chi connectivity index (χ2v) is 8.81. The van der Waals surface area contributed by atoms with Crippen LogP contribution < -0.4 is 9.62 Å². The first-order chi connectivity index (χ1) is 10.4. The Kier molecular flexibility index (Phi) is 4.09. The van der Waals surface area contributed by atoms with Crippen LogP contribution in [0.5, 0.6) is 0 Å². The zero-order valence-electron chi connectivity index (χ0n) is 13.0. The minimum absolute atomic E-state index is 0.377. The first-order valence-corrected chi connectivity index (χ1v) is 9.74. The topological polar surface area (TPSA) is 75.2 Å². The van der Waals surface area contributed by atoms with E-state index >= 15 is 0 Å². The largest absolute Gasteiger partial charge is 0.355 e. The quantitative estimate of drug-likeness (QED) is 0.919. The summed E-state index contributed by atoms with van der Waals surface area (Å²) in [7, 11) is -3.24. The lowest BCUT2D eigenvalue weighted by atomic mass is 10.2. The average molecular weight is 340 g/mol. The van der Waals surface area contributed by atoms with Crippen molar-refractivity contribution in [2.75, 3.05) is 24.5 Å². The van der Waals surface area contributed by atoms with Gasteiger partial charge < -0.3 is 4.90 Å². The van der Waals surface area contributed by atoms with Crippen molar-refractivity contribution in [1.29, 1.82) is 0 Å². The molecule has 1 N–H and O–H groups in total. The smallest absolute Gasteiger partial charge is 0.216 e. The summed E-state index contributed by atoms with van der Waals surface area (Å²) in [4.78, 5) is 13.0. The molecule has 0 radical (unpaired) electrons. The third kappa shape index (κ3) is 2.59.